The number of aryl methyl sites for hydroxylation is 2. The molecule has 0 saturated carbocycles. The maximum absolute atomic E-state index is 13.2. The zero-order valence-electron chi connectivity index (χ0n) is 17.3. The minimum Gasteiger partial charge on any atom is -0.317 e. The average Bonchev–Trinajstić information content (AvgIpc) is 3.45. The highest BCUT2D eigenvalue weighted by atomic mass is 32.1. The molecule has 0 saturated heterocycles. The molecule has 1 aliphatic carbocycles. The Hall–Kier alpha value is -3.10. The summed E-state index contributed by atoms with van der Waals surface area (Å²) in [7, 11) is 0. The fourth-order valence-electron chi connectivity index (χ4n) is 4.10. The maximum Gasteiger partial charge on any atom is 0.258 e. The molecule has 0 unspecified atom stereocenters. The van der Waals surface area contributed by atoms with Crippen LogP contribution in [0.1, 0.15) is 50.8 Å². The van der Waals surface area contributed by atoms with Gasteiger partial charge >= 0.3 is 0 Å². The number of fused-ring (bicyclic) bond motifs is 2. The molecule has 162 valence electrons. The molecule has 1 aliphatic rings. The van der Waals surface area contributed by atoms with Gasteiger partial charge in [-0.1, -0.05) is 18.2 Å². The normalized spacial score (nSPS) is 13.1. The molecule has 5 rings (SSSR count). The summed E-state index contributed by atoms with van der Waals surface area (Å²) in [4.78, 5) is 47.3. The lowest BCUT2D eigenvalue weighted by atomic mass is 9.93. The quantitative estimate of drug-likeness (QED) is 0.405. The summed E-state index contributed by atoms with van der Waals surface area (Å²) >= 11 is 2.94. The van der Waals surface area contributed by atoms with Crippen LogP contribution in [0.2, 0.25) is 0 Å². The number of thiophene rings is 2. The minimum absolute atomic E-state index is 0.0183. The third kappa shape index (κ3) is 4.03. The lowest BCUT2D eigenvalue weighted by Crippen LogP contribution is -2.17. The van der Waals surface area contributed by atoms with Crippen LogP contribution in [0.3, 0.4) is 0 Å². The average molecular weight is 464 g/mol. The molecular weight excluding hydrogens is 442 g/mol. The Morgan fingerprint density at radius 1 is 1.09 bits per heavy atom. The second kappa shape index (κ2) is 8.80. The number of hydrogen-bond donors (Lipinski definition) is 2. The third-order valence-corrected chi connectivity index (χ3v) is 7.72. The van der Waals surface area contributed by atoms with E-state index in [1.807, 2.05) is 23.6 Å². The highest BCUT2D eigenvalue weighted by Gasteiger charge is 2.27. The molecule has 0 radical (unpaired) electrons. The number of aromatic amines is 1. The number of amides is 1. The maximum atomic E-state index is 13.2. The van der Waals surface area contributed by atoms with Crippen LogP contribution < -0.4 is 10.9 Å². The molecule has 3 aromatic heterocycles. The fraction of sp³-hybridized carbons (Fsp3) is 0.250. The number of nitrogens with zero attached hydrogens (tertiary/aromatic N) is 1. The van der Waals surface area contributed by atoms with Gasteiger partial charge in [0.05, 0.1) is 21.3 Å². The molecule has 0 spiro atoms. The molecule has 0 bridgehead atoms. The molecule has 0 fully saturated rings. The zero-order chi connectivity index (χ0) is 22.1. The topological polar surface area (TPSA) is 91.9 Å². The standard InChI is InChI=1S/C24H21N3O3S2/c28-20(12-11-19-25-16-8-3-1-6-14(16)23(30)26-19)27-24-21(22(29)18-10-5-13-31-18)15-7-2-4-9-17(15)32-24/h1,3,5-6,8,10,13H,2,4,7,9,11-12H2,(H,27,28)(H,25,26,30). The predicted molar refractivity (Wildman–Crippen MR) is 128 cm³/mol. The highest BCUT2D eigenvalue weighted by molar-refractivity contribution is 7.17. The summed E-state index contributed by atoms with van der Waals surface area (Å²) in [6, 6.07) is 10.8. The first kappa shape index (κ1) is 20.8. The Bertz CT molecular complexity index is 1370. The van der Waals surface area contributed by atoms with Crippen molar-refractivity contribution in [3.63, 3.8) is 0 Å². The van der Waals surface area contributed by atoms with Crippen LogP contribution in [0.5, 0.6) is 0 Å². The van der Waals surface area contributed by atoms with Gasteiger partial charge in [0.2, 0.25) is 11.7 Å². The molecule has 3 heterocycles. The van der Waals surface area contributed by atoms with Crippen molar-refractivity contribution < 1.29 is 9.59 Å². The number of carbonyl (C=O) groups excluding carboxylic acids is 2. The van der Waals surface area contributed by atoms with Crippen LogP contribution in [-0.2, 0) is 24.1 Å². The largest absolute Gasteiger partial charge is 0.317 e. The number of para-hydroxylation sites is 1. The van der Waals surface area contributed by atoms with Crippen molar-refractivity contribution in [3.05, 3.63) is 78.8 Å². The van der Waals surface area contributed by atoms with Gasteiger partial charge in [0, 0.05) is 17.7 Å². The summed E-state index contributed by atoms with van der Waals surface area (Å²) in [5.74, 6) is 0.263. The van der Waals surface area contributed by atoms with Crippen molar-refractivity contribution in [1.29, 1.82) is 0 Å². The Kier molecular flexibility index (Phi) is 5.71. The number of H-pyrrole nitrogens is 1. The van der Waals surface area contributed by atoms with Crippen LogP contribution in [0.25, 0.3) is 10.9 Å². The van der Waals surface area contributed by atoms with E-state index < -0.39 is 0 Å². The second-order valence-corrected chi connectivity index (χ2v) is 9.85. The van der Waals surface area contributed by atoms with E-state index in [-0.39, 0.29) is 23.7 Å². The van der Waals surface area contributed by atoms with Crippen LogP contribution in [-0.4, -0.2) is 21.7 Å². The van der Waals surface area contributed by atoms with E-state index in [1.165, 1.54) is 27.6 Å². The van der Waals surface area contributed by atoms with Gasteiger partial charge in [-0.05, 0) is 54.8 Å². The monoisotopic (exact) mass is 463 g/mol. The van der Waals surface area contributed by atoms with Crippen molar-refractivity contribution in [3.8, 4) is 0 Å². The number of nitrogens with one attached hydrogen (secondary N) is 2. The first-order chi connectivity index (χ1) is 15.6. The van der Waals surface area contributed by atoms with Crippen molar-refractivity contribution in [2.75, 3.05) is 5.32 Å². The van der Waals surface area contributed by atoms with E-state index in [2.05, 4.69) is 15.3 Å². The molecule has 6 nitrogen and oxygen atoms in total. The number of benzene rings is 1. The number of aromatic nitrogens is 2. The first-order valence-corrected chi connectivity index (χ1v) is 12.3. The van der Waals surface area contributed by atoms with Gasteiger partial charge in [0.25, 0.3) is 5.56 Å². The van der Waals surface area contributed by atoms with Gasteiger partial charge in [0.15, 0.2) is 0 Å². The molecule has 8 heteroatoms. The SMILES string of the molecule is O=C(CCc1nc2ccccc2c(=O)[nH]1)Nc1sc2c(c1C(=O)c1cccs1)CCCC2. The van der Waals surface area contributed by atoms with E-state index in [0.717, 1.165) is 31.2 Å². The first-order valence-electron chi connectivity index (χ1n) is 10.6. The number of rotatable bonds is 6. The summed E-state index contributed by atoms with van der Waals surface area (Å²) in [6.45, 7) is 0. The molecule has 0 atom stereocenters. The van der Waals surface area contributed by atoms with E-state index in [0.29, 0.717) is 38.6 Å². The Balaban J connectivity index is 1.36. The third-order valence-electron chi connectivity index (χ3n) is 5.65. The Labute approximate surface area is 192 Å². The van der Waals surface area contributed by atoms with Gasteiger partial charge in [-0.25, -0.2) is 4.98 Å². The van der Waals surface area contributed by atoms with Crippen LogP contribution >= 0.6 is 22.7 Å². The molecule has 1 aromatic carbocycles. The molecule has 1 amide bonds. The van der Waals surface area contributed by atoms with E-state index in [4.69, 9.17) is 0 Å². The predicted octanol–water partition coefficient (Wildman–Crippen LogP) is 4.73. The number of hydrogen-bond acceptors (Lipinski definition) is 6. The van der Waals surface area contributed by atoms with Gasteiger partial charge in [-0.3, -0.25) is 14.4 Å². The summed E-state index contributed by atoms with van der Waals surface area (Å²) in [6.07, 6.45) is 4.46. The number of anilines is 1. The summed E-state index contributed by atoms with van der Waals surface area (Å²) < 4.78 is 0. The zero-order valence-corrected chi connectivity index (χ0v) is 18.9. The molecule has 2 N–H and O–H groups in total. The summed E-state index contributed by atoms with van der Waals surface area (Å²) in [5.41, 5.74) is 2.15. The lowest BCUT2D eigenvalue weighted by molar-refractivity contribution is -0.116. The van der Waals surface area contributed by atoms with Crippen LogP contribution in [0.4, 0.5) is 5.00 Å². The van der Waals surface area contributed by atoms with Crippen molar-refractivity contribution in [2.24, 2.45) is 0 Å². The van der Waals surface area contributed by atoms with E-state index in [1.54, 1.807) is 18.2 Å². The number of ketones is 1. The van der Waals surface area contributed by atoms with Gasteiger partial charge < -0.3 is 10.3 Å². The van der Waals surface area contributed by atoms with Gasteiger partial charge in [0.1, 0.15) is 10.8 Å². The Morgan fingerprint density at radius 2 is 1.94 bits per heavy atom. The van der Waals surface area contributed by atoms with Crippen LogP contribution in [0.15, 0.2) is 46.6 Å². The summed E-state index contributed by atoms with van der Waals surface area (Å²) in [5, 5.41) is 6.04. The van der Waals surface area contributed by atoms with Crippen molar-refractivity contribution >= 4 is 50.3 Å². The highest BCUT2D eigenvalue weighted by Crippen LogP contribution is 2.39. The lowest BCUT2D eigenvalue weighted by Gasteiger charge is -2.12. The van der Waals surface area contributed by atoms with Crippen molar-refractivity contribution in [1.82, 2.24) is 9.97 Å². The van der Waals surface area contributed by atoms with Crippen molar-refractivity contribution in [2.45, 2.75) is 38.5 Å². The van der Waals surface area contributed by atoms with Gasteiger partial charge in [-0.15, -0.1) is 22.7 Å². The van der Waals surface area contributed by atoms with E-state index in [9.17, 15) is 14.4 Å². The smallest absolute Gasteiger partial charge is 0.258 e. The second-order valence-electron chi connectivity index (χ2n) is 7.80. The van der Waals surface area contributed by atoms with Gasteiger partial charge in [-0.2, -0.15) is 0 Å². The molecular formula is C24H21N3O3S2. The van der Waals surface area contributed by atoms with Crippen LogP contribution in [0, 0.1) is 0 Å². The molecule has 4 aromatic rings. The fourth-order valence-corrected chi connectivity index (χ4v) is 6.07. The minimum atomic E-state index is -0.208. The number of carbonyl (C=O) groups is 2. The molecule has 32 heavy (non-hydrogen) atoms. The molecule has 0 aliphatic heterocycles. The Morgan fingerprint density at radius 3 is 2.78 bits per heavy atom. The van der Waals surface area contributed by atoms with E-state index >= 15 is 0 Å².